The van der Waals surface area contributed by atoms with E-state index < -0.39 is 73.4 Å². The van der Waals surface area contributed by atoms with Gasteiger partial charge in [0.25, 0.3) is 0 Å². The number of ketones is 1. The number of carbonyl (C=O) groups is 3. The van der Waals surface area contributed by atoms with Gasteiger partial charge in [0.2, 0.25) is 27.7 Å². The Bertz CT molecular complexity index is 2690. The molecule has 62 heavy (non-hydrogen) atoms. The molecule has 3 heterocycles. The van der Waals surface area contributed by atoms with E-state index in [0.29, 0.717) is 51.1 Å². The van der Waals surface area contributed by atoms with Crippen molar-refractivity contribution in [3.05, 3.63) is 96.6 Å². The monoisotopic (exact) mass is 884 g/mol. The molecule has 2 aliphatic carbocycles. The molecule has 3 aromatic carbocycles. The summed E-state index contributed by atoms with van der Waals surface area (Å²) in [6.45, 7) is 13.4. The van der Waals surface area contributed by atoms with Gasteiger partial charge in [-0.15, -0.1) is 17.9 Å². The smallest absolute Gasteiger partial charge is 0.240 e. The van der Waals surface area contributed by atoms with Gasteiger partial charge < -0.3 is 14.4 Å². The van der Waals surface area contributed by atoms with E-state index in [-0.39, 0.29) is 50.1 Å². The highest BCUT2D eigenvalue weighted by Gasteiger charge is 2.61. The number of halogens is 2. The molecule has 5 atom stereocenters. The Morgan fingerprint density at radius 2 is 1.76 bits per heavy atom. The maximum absolute atomic E-state index is 15.0. The van der Waals surface area contributed by atoms with Crippen molar-refractivity contribution in [2.24, 2.45) is 22.7 Å². The predicted octanol–water partition coefficient (Wildman–Crippen LogP) is 8.59. The molecule has 1 aliphatic heterocycles. The van der Waals surface area contributed by atoms with E-state index in [1.54, 1.807) is 24.3 Å². The first-order valence-corrected chi connectivity index (χ1v) is 23.3. The lowest BCUT2D eigenvalue weighted by Gasteiger charge is -2.35. The van der Waals surface area contributed by atoms with Crippen molar-refractivity contribution < 1.29 is 41.1 Å². The van der Waals surface area contributed by atoms with E-state index in [4.69, 9.17) is 19.4 Å². The summed E-state index contributed by atoms with van der Waals surface area (Å²) in [5.41, 5.74) is -0.220. The number of fused-ring (bicyclic) bond motifs is 3. The number of Topliss-reactive ketones (excluding diaryl/α,β-unsaturated/α-hetero) is 1. The zero-order chi connectivity index (χ0) is 44.3. The van der Waals surface area contributed by atoms with Gasteiger partial charge in [-0.3, -0.25) is 19.1 Å². The topological polar surface area (TPSA) is 145 Å². The van der Waals surface area contributed by atoms with Crippen molar-refractivity contribution in [3.63, 3.8) is 0 Å². The number of likely N-dealkylation sites (tertiary alicyclic amines) is 1. The summed E-state index contributed by atoms with van der Waals surface area (Å²) in [6, 6.07) is 16.8. The average Bonchev–Trinajstić information content (AvgIpc) is 4.12. The van der Waals surface area contributed by atoms with E-state index in [1.807, 2.05) is 58.9 Å². The van der Waals surface area contributed by atoms with E-state index >= 15 is 0 Å². The van der Waals surface area contributed by atoms with Crippen LogP contribution < -0.4 is 14.2 Å². The number of carbonyl (C=O) groups excluding carboxylic acids is 3. The van der Waals surface area contributed by atoms with Crippen LogP contribution in [0.3, 0.4) is 0 Å². The van der Waals surface area contributed by atoms with E-state index in [0.717, 1.165) is 4.70 Å². The fourth-order valence-electron chi connectivity index (χ4n) is 8.52. The van der Waals surface area contributed by atoms with Crippen LogP contribution in [0.5, 0.6) is 11.6 Å². The molecule has 1 saturated heterocycles. The first kappa shape index (κ1) is 43.4. The fourth-order valence-corrected chi connectivity index (χ4v) is 11.0. The molecule has 15 heteroatoms. The van der Waals surface area contributed by atoms with Gasteiger partial charge in [-0.05, 0) is 111 Å². The fraction of sp³-hybridized carbons (Fsp3) is 0.426. The molecule has 326 valence electrons. The number of nitrogens with zero attached hydrogens (tertiary/aromatic N) is 3. The Morgan fingerprint density at radius 3 is 2.40 bits per heavy atom. The molecule has 0 spiro atoms. The summed E-state index contributed by atoms with van der Waals surface area (Å²) in [7, 11) is -3.90. The zero-order valence-corrected chi connectivity index (χ0v) is 37.0. The van der Waals surface area contributed by atoms with Gasteiger partial charge in [0.1, 0.15) is 28.2 Å². The molecule has 8 rings (SSSR count). The SMILES string of the molecule is C=C[C@@H]1C[C@]1(CC(=O)[C@@H]1C[C@@H](Oc2nc(-c3ccc(OC(C)C)cc3)nc3c2sc2ccc(F)cc23)CN1C(=O)[C@@H](Cc1cccc(F)c1)C(C)(C)C)C(=O)NS(=O)(=O)C1CC1. The summed E-state index contributed by atoms with van der Waals surface area (Å²) in [5.74, 6) is -2.33. The van der Waals surface area contributed by atoms with Crippen LogP contribution in [0.25, 0.3) is 31.7 Å². The second-order valence-electron chi connectivity index (χ2n) is 18.2. The van der Waals surface area contributed by atoms with E-state index in [9.17, 15) is 31.6 Å². The van der Waals surface area contributed by atoms with Crippen LogP contribution in [-0.4, -0.2) is 70.9 Å². The van der Waals surface area contributed by atoms with Crippen molar-refractivity contribution in [2.75, 3.05) is 6.54 Å². The Hall–Kier alpha value is -5.28. The van der Waals surface area contributed by atoms with Crippen LogP contribution in [0.2, 0.25) is 0 Å². The molecule has 3 fully saturated rings. The van der Waals surface area contributed by atoms with Gasteiger partial charge >= 0.3 is 0 Å². The standard InChI is InChI=1S/C47H50F2N4O7S2/c1-7-29-23-47(29,45(56)52-62(57,58)34-16-17-34)24-38(54)37-22-33(25-53(37)44(55)36(46(4,5)6)20-27-9-8-10-30(48)19-27)60-43-41-40(35-21-31(49)13-18-39(35)61-41)50-42(51-43)28-11-14-32(15-12-28)59-26(2)3/h7-15,18-19,21,26,29,33-34,36-37H,1,16-17,20,22-25H2,2-6H3,(H,52,56)/t29-,33-,36-,37+,47-/m1/s1. The van der Waals surface area contributed by atoms with Crippen molar-refractivity contribution in [1.82, 2.24) is 19.6 Å². The number of sulfonamides is 1. The van der Waals surface area contributed by atoms with Crippen LogP contribution in [0, 0.1) is 34.3 Å². The zero-order valence-electron chi connectivity index (χ0n) is 35.3. The minimum atomic E-state index is -3.90. The van der Waals surface area contributed by atoms with Gasteiger partial charge in [-0.1, -0.05) is 39.0 Å². The molecular formula is C47H50F2N4O7S2. The van der Waals surface area contributed by atoms with Crippen LogP contribution in [0.4, 0.5) is 8.78 Å². The lowest BCUT2D eigenvalue weighted by molar-refractivity contribution is -0.144. The summed E-state index contributed by atoms with van der Waals surface area (Å²) in [5, 5.41) is -0.0613. The summed E-state index contributed by atoms with van der Waals surface area (Å²) < 4.78 is 71.0. The molecule has 2 amide bonds. The molecule has 2 saturated carbocycles. The van der Waals surface area contributed by atoms with Crippen molar-refractivity contribution in [1.29, 1.82) is 0 Å². The number of hydrogen-bond acceptors (Lipinski definition) is 10. The quantitative estimate of drug-likeness (QED) is 0.102. The Kier molecular flexibility index (Phi) is 11.5. The second-order valence-corrected chi connectivity index (χ2v) is 21.2. The molecule has 0 bridgehead atoms. The van der Waals surface area contributed by atoms with Gasteiger partial charge in [0.15, 0.2) is 11.6 Å². The number of rotatable bonds is 15. The lowest BCUT2D eigenvalue weighted by atomic mass is 9.76. The molecule has 5 aromatic rings. The minimum Gasteiger partial charge on any atom is -0.491 e. The first-order valence-electron chi connectivity index (χ1n) is 20.9. The normalized spacial score (nSPS) is 21.9. The number of ether oxygens (including phenoxy) is 2. The number of aromatic nitrogens is 2. The Morgan fingerprint density at radius 1 is 1.03 bits per heavy atom. The molecule has 11 nitrogen and oxygen atoms in total. The van der Waals surface area contributed by atoms with Crippen molar-refractivity contribution in [3.8, 4) is 23.0 Å². The maximum atomic E-state index is 15.0. The largest absolute Gasteiger partial charge is 0.491 e. The van der Waals surface area contributed by atoms with Crippen LogP contribution in [-0.2, 0) is 30.8 Å². The average molecular weight is 885 g/mol. The molecule has 3 aliphatic rings. The Balaban J connectivity index is 1.16. The van der Waals surface area contributed by atoms with E-state index in [2.05, 4.69) is 11.3 Å². The van der Waals surface area contributed by atoms with Crippen molar-refractivity contribution in [2.45, 2.75) is 96.6 Å². The molecular weight excluding hydrogens is 835 g/mol. The summed E-state index contributed by atoms with van der Waals surface area (Å²) >= 11 is 1.33. The number of hydrogen-bond donors (Lipinski definition) is 1. The second kappa shape index (κ2) is 16.4. The highest BCUT2D eigenvalue weighted by atomic mass is 32.2. The Labute approximate surface area is 364 Å². The first-order chi connectivity index (χ1) is 29.3. The van der Waals surface area contributed by atoms with Crippen LogP contribution in [0.15, 0.2) is 79.4 Å². The predicted molar refractivity (Wildman–Crippen MR) is 234 cm³/mol. The number of allylic oxidation sites excluding steroid dienone is 1. The van der Waals surface area contributed by atoms with Gasteiger partial charge in [-0.2, -0.15) is 4.98 Å². The third-order valence-corrected chi connectivity index (χ3v) is 15.1. The summed E-state index contributed by atoms with van der Waals surface area (Å²) in [6.07, 6.45) is 1.83. The molecule has 2 aromatic heterocycles. The number of benzene rings is 3. The third-order valence-electron chi connectivity index (χ3n) is 12.2. The summed E-state index contributed by atoms with van der Waals surface area (Å²) in [4.78, 5) is 54.7. The van der Waals surface area contributed by atoms with Gasteiger partial charge in [0, 0.05) is 34.4 Å². The van der Waals surface area contributed by atoms with Crippen LogP contribution in [0.1, 0.15) is 72.3 Å². The molecule has 0 unspecified atom stereocenters. The molecule has 0 radical (unpaired) electrons. The van der Waals surface area contributed by atoms with Crippen molar-refractivity contribution >= 4 is 59.3 Å². The highest BCUT2D eigenvalue weighted by Crippen LogP contribution is 2.57. The number of thiophene rings is 1. The molecule has 1 N–H and O–H groups in total. The van der Waals surface area contributed by atoms with Gasteiger partial charge in [0.05, 0.1) is 34.9 Å². The highest BCUT2D eigenvalue weighted by molar-refractivity contribution is 7.90. The maximum Gasteiger partial charge on any atom is 0.240 e. The van der Waals surface area contributed by atoms with Crippen LogP contribution >= 0.6 is 11.3 Å². The number of nitrogens with one attached hydrogen (secondary N) is 1. The number of amides is 2. The minimum absolute atomic E-state index is 0.0211. The van der Waals surface area contributed by atoms with E-state index in [1.165, 1.54) is 40.5 Å². The third kappa shape index (κ3) is 8.83. The lowest BCUT2D eigenvalue weighted by Crippen LogP contribution is -2.48. The van der Waals surface area contributed by atoms with Gasteiger partial charge in [-0.25, -0.2) is 22.2 Å².